The number of nitrogens with zero attached hydrogens (tertiary/aromatic N) is 3. The van der Waals surface area contributed by atoms with E-state index in [-0.39, 0.29) is 18.9 Å². The summed E-state index contributed by atoms with van der Waals surface area (Å²) in [4.78, 5) is 11.6. The fraction of sp³-hybridized carbons (Fsp3) is 0.462. The maximum Gasteiger partial charge on any atom is 0.248 e. The molecule has 1 aliphatic carbocycles. The predicted octanol–water partition coefficient (Wildman–Crippen LogP) is 3.15. The standard InChI is InChI=1S/C13H13F3N4/c14-11-5-9-10(6-17-11)18-7-19-12(9)20-8-1-3-13(15,16)4-2-8/h5-8H,1-4H2,(H,18,19,20). The van der Waals surface area contributed by atoms with Crippen molar-refractivity contribution in [2.45, 2.75) is 37.6 Å². The molecule has 0 aliphatic heterocycles. The Labute approximate surface area is 113 Å². The first-order valence-electron chi connectivity index (χ1n) is 6.44. The second kappa shape index (κ2) is 4.88. The molecule has 1 fully saturated rings. The fourth-order valence-electron chi connectivity index (χ4n) is 2.43. The second-order valence-electron chi connectivity index (χ2n) is 5.02. The number of nitrogens with one attached hydrogen (secondary N) is 1. The fourth-order valence-corrected chi connectivity index (χ4v) is 2.43. The number of fused-ring (bicyclic) bond motifs is 1. The molecule has 1 saturated carbocycles. The van der Waals surface area contributed by atoms with E-state index in [0.29, 0.717) is 29.6 Å². The zero-order valence-electron chi connectivity index (χ0n) is 10.6. The lowest BCUT2D eigenvalue weighted by molar-refractivity contribution is -0.0361. The molecular weight excluding hydrogens is 269 g/mol. The monoisotopic (exact) mass is 282 g/mol. The van der Waals surface area contributed by atoms with Crippen molar-refractivity contribution in [2.75, 3.05) is 5.32 Å². The maximum atomic E-state index is 13.2. The second-order valence-corrected chi connectivity index (χ2v) is 5.02. The van der Waals surface area contributed by atoms with Crippen molar-refractivity contribution in [3.8, 4) is 0 Å². The Hall–Kier alpha value is -1.92. The Balaban J connectivity index is 1.83. The Bertz CT molecular complexity index is 622. The van der Waals surface area contributed by atoms with Crippen molar-refractivity contribution >= 4 is 16.7 Å². The molecule has 1 aliphatic rings. The predicted molar refractivity (Wildman–Crippen MR) is 68.1 cm³/mol. The van der Waals surface area contributed by atoms with Crippen LogP contribution in [-0.4, -0.2) is 26.9 Å². The zero-order valence-corrected chi connectivity index (χ0v) is 10.6. The van der Waals surface area contributed by atoms with Crippen LogP contribution in [0.5, 0.6) is 0 Å². The van der Waals surface area contributed by atoms with Crippen LogP contribution in [0.15, 0.2) is 18.6 Å². The summed E-state index contributed by atoms with van der Waals surface area (Å²) in [6, 6.07) is 1.17. The van der Waals surface area contributed by atoms with Gasteiger partial charge in [0.05, 0.1) is 11.7 Å². The van der Waals surface area contributed by atoms with Crippen LogP contribution in [0.4, 0.5) is 19.0 Å². The van der Waals surface area contributed by atoms with Crippen LogP contribution in [0.25, 0.3) is 10.9 Å². The molecule has 20 heavy (non-hydrogen) atoms. The highest BCUT2D eigenvalue weighted by Gasteiger charge is 2.35. The topological polar surface area (TPSA) is 50.7 Å². The summed E-state index contributed by atoms with van der Waals surface area (Å²) in [5.41, 5.74) is 0.519. The number of hydrogen-bond donors (Lipinski definition) is 1. The van der Waals surface area contributed by atoms with E-state index in [9.17, 15) is 13.2 Å². The third kappa shape index (κ3) is 2.66. The SMILES string of the molecule is Fc1cc2c(NC3CCC(F)(F)CC3)ncnc2cn1. The molecule has 0 bridgehead atoms. The number of pyridine rings is 1. The van der Waals surface area contributed by atoms with E-state index < -0.39 is 11.9 Å². The van der Waals surface area contributed by atoms with Crippen LogP contribution in [-0.2, 0) is 0 Å². The summed E-state index contributed by atoms with van der Waals surface area (Å²) in [5.74, 6) is -2.72. The number of hydrogen-bond acceptors (Lipinski definition) is 4. The smallest absolute Gasteiger partial charge is 0.248 e. The van der Waals surface area contributed by atoms with Crippen molar-refractivity contribution < 1.29 is 13.2 Å². The third-order valence-electron chi connectivity index (χ3n) is 3.55. The number of rotatable bonds is 2. The minimum atomic E-state index is -2.57. The van der Waals surface area contributed by atoms with Gasteiger partial charge in [0.2, 0.25) is 11.9 Å². The minimum absolute atomic E-state index is 0.0797. The van der Waals surface area contributed by atoms with E-state index in [2.05, 4.69) is 20.3 Å². The van der Waals surface area contributed by atoms with E-state index >= 15 is 0 Å². The average molecular weight is 282 g/mol. The summed E-state index contributed by atoms with van der Waals surface area (Å²) in [7, 11) is 0. The van der Waals surface area contributed by atoms with Gasteiger partial charge in [-0.2, -0.15) is 4.39 Å². The molecule has 0 amide bonds. The molecule has 7 heteroatoms. The lowest BCUT2D eigenvalue weighted by atomic mass is 9.92. The Morgan fingerprint density at radius 2 is 1.90 bits per heavy atom. The Morgan fingerprint density at radius 3 is 2.65 bits per heavy atom. The summed E-state index contributed by atoms with van der Waals surface area (Å²) in [6.45, 7) is 0. The van der Waals surface area contributed by atoms with E-state index in [0.717, 1.165) is 0 Å². The van der Waals surface area contributed by atoms with Gasteiger partial charge in [-0.3, -0.25) is 0 Å². The molecule has 2 heterocycles. The zero-order chi connectivity index (χ0) is 14.2. The van der Waals surface area contributed by atoms with Crippen LogP contribution in [0, 0.1) is 5.95 Å². The van der Waals surface area contributed by atoms with Crippen LogP contribution in [0.1, 0.15) is 25.7 Å². The molecule has 0 saturated heterocycles. The van der Waals surface area contributed by atoms with Crippen molar-refractivity contribution in [1.82, 2.24) is 15.0 Å². The molecule has 0 unspecified atom stereocenters. The molecule has 1 N–H and O–H groups in total. The molecule has 0 spiro atoms. The molecule has 2 aromatic heterocycles. The molecule has 0 radical (unpaired) electrons. The first kappa shape index (κ1) is 13.1. The van der Waals surface area contributed by atoms with Crippen molar-refractivity contribution in [3.05, 3.63) is 24.5 Å². The summed E-state index contributed by atoms with van der Waals surface area (Å²) < 4.78 is 39.4. The lowest BCUT2D eigenvalue weighted by Gasteiger charge is -2.29. The number of halogens is 3. The van der Waals surface area contributed by atoms with Crippen molar-refractivity contribution in [1.29, 1.82) is 0 Å². The van der Waals surface area contributed by atoms with Gasteiger partial charge in [-0.05, 0) is 12.8 Å². The van der Waals surface area contributed by atoms with Gasteiger partial charge < -0.3 is 5.32 Å². The lowest BCUT2D eigenvalue weighted by Crippen LogP contribution is -2.32. The highest BCUT2D eigenvalue weighted by Crippen LogP contribution is 2.34. The van der Waals surface area contributed by atoms with Gasteiger partial charge in [0, 0.05) is 30.3 Å². The quantitative estimate of drug-likeness (QED) is 0.860. The van der Waals surface area contributed by atoms with Gasteiger partial charge in [-0.25, -0.2) is 23.7 Å². The maximum absolute atomic E-state index is 13.2. The number of aromatic nitrogens is 3. The molecule has 0 atom stereocenters. The van der Waals surface area contributed by atoms with Gasteiger partial charge in [0.15, 0.2) is 0 Å². The Kier molecular flexibility index (Phi) is 3.19. The van der Waals surface area contributed by atoms with Crippen LogP contribution < -0.4 is 5.32 Å². The van der Waals surface area contributed by atoms with Crippen LogP contribution in [0.2, 0.25) is 0 Å². The molecule has 4 nitrogen and oxygen atoms in total. The van der Waals surface area contributed by atoms with Crippen LogP contribution in [0.3, 0.4) is 0 Å². The van der Waals surface area contributed by atoms with E-state index in [4.69, 9.17) is 0 Å². The van der Waals surface area contributed by atoms with E-state index in [1.54, 1.807) is 0 Å². The molecule has 0 aromatic carbocycles. The number of alkyl halides is 2. The summed E-state index contributed by atoms with van der Waals surface area (Å²) in [5, 5.41) is 3.62. The van der Waals surface area contributed by atoms with E-state index in [1.165, 1.54) is 18.6 Å². The molecular formula is C13H13F3N4. The molecule has 106 valence electrons. The highest BCUT2D eigenvalue weighted by atomic mass is 19.3. The average Bonchev–Trinajstić information content (AvgIpc) is 2.42. The summed E-state index contributed by atoms with van der Waals surface area (Å²) >= 11 is 0. The summed E-state index contributed by atoms with van der Waals surface area (Å²) in [6.07, 6.45) is 3.14. The minimum Gasteiger partial charge on any atom is -0.367 e. The van der Waals surface area contributed by atoms with E-state index in [1.807, 2.05) is 0 Å². The van der Waals surface area contributed by atoms with Gasteiger partial charge in [0.25, 0.3) is 0 Å². The highest BCUT2D eigenvalue weighted by molar-refractivity contribution is 5.88. The normalized spacial score (nSPS) is 19.1. The molecule has 3 rings (SSSR count). The van der Waals surface area contributed by atoms with Gasteiger partial charge in [0.1, 0.15) is 12.1 Å². The van der Waals surface area contributed by atoms with Gasteiger partial charge in [-0.1, -0.05) is 0 Å². The first-order chi connectivity index (χ1) is 9.53. The van der Waals surface area contributed by atoms with Crippen molar-refractivity contribution in [3.63, 3.8) is 0 Å². The first-order valence-corrected chi connectivity index (χ1v) is 6.44. The van der Waals surface area contributed by atoms with Crippen LogP contribution >= 0.6 is 0 Å². The largest absolute Gasteiger partial charge is 0.367 e. The molecule has 2 aromatic rings. The number of anilines is 1. The third-order valence-corrected chi connectivity index (χ3v) is 3.55. The van der Waals surface area contributed by atoms with Crippen molar-refractivity contribution in [2.24, 2.45) is 0 Å². The Morgan fingerprint density at radius 1 is 1.15 bits per heavy atom. The van der Waals surface area contributed by atoms with Gasteiger partial charge in [-0.15, -0.1) is 0 Å². The van der Waals surface area contributed by atoms with Gasteiger partial charge >= 0.3 is 0 Å².